The summed E-state index contributed by atoms with van der Waals surface area (Å²) in [6.45, 7) is 5.68. The highest BCUT2D eigenvalue weighted by Crippen LogP contribution is 2.02. The molecule has 0 spiro atoms. The Morgan fingerprint density at radius 1 is 1.18 bits per heavy atom. The first-order chi connectivity index (χ1) is 7.66. The van der Waals surface area contributed by atoms with E-state index in [0.717, 1.165) is 30.5 Å². The second-order valence-corrected chi connectivity index (χ2v) is 6.90. The third-order valence-corrected chi connectivity index (χ3v) is 3.56. The quantitative estimate of drug-likeness (QED) is 0.493. The SMILES string of the molecule is CCC[N+](C)(C)CCCN(C)CCS(=O)(=O)O. The van der Waals surface area contributed by atoms with Gasteiger partial charge >= 0.3 is 0 Å². The summed E-state index contributed by atoms with van der Waals surface area (Å²) in [4.78, 5) is 1.94. The molecule has 17 heavy (non-hydrogen) atoms. The molecule has 0 unspecified atom stereocenters. The molecule has 0 fully saturated rings. The van der Waals surface area contributed by atoms with Crippen LogP contribution in [0.2, 0.25) is 0 Å². The first-order valence-electron chi connectivity index (χ1n) is 6.12. The molecule has 0 saturated carbocycles. The maximum atomic E-state index is 10.6. The lowest BCUT2D eigenvalue weighted by atomic mass is 10.3. The summed E-state index contributed by atoms with van der Waals surface area (Å²) in [5.74, 6) is -0.184. The summed E-state index contributed by atoms with van der Waals surface area (Å²) < 4.78 is 30.8. The van der Waals surface area contributed by atoms with Crippen molar-refractivity contribution in [3.05, 3.63) is 0 Å². The van der Waals surface area contributed by atoms with E-state index >= 15 is 0 Å². The van der Waals surface area contributed by atoms with E-state index in [1.165, 1.54) is 6.42 Å². The third kappa shape index (κ3) is 10.7. The van der Waals surface area contributed by atoms with E-state index in [1.54, 1.807) is 0 Å². The van der Waals surface area contributed by atoms with Gasteiger partial charge in [-0.25, -0.2) is 0 Å². The minimum atomic E-state index is -3.83. The summed E-state index contributed by atoms with van der Waals surface area (Å²) in [7, 11) is 2.47. The van der Waals surface area contributed by atoms with Crippen molar-refractivity contribution in [1.82, 2.24) is 4.90 Å². The molecule has 6 heteroatoms. The van der Waals surface area contributed by atoms with Gasteiger partial charge in [-0.05, 0) is 13.5 Å². The lowest BCUT2D eigenvalue weighted by Gasteiger charge is -2.30. The van der Waals surface area contributed by atoms with E-state index in [-0.39, 0.29) is 5.75 Å². The summed E-state index contributed by atoms with van der Waals surface area (Å²) >= 11 is 0. The largest absolute Gasteiger partial charge is 0.328 e. The second-order valence-electron chi connectivity index (χ2n) is 5.33. The normalized spacial score (nSPS) is 13.3. The highest BCUT2D eigenvalue weighted by atomic mass is 32.2. The van der Waals surface area contributed by atoms with E-state index in [4.69, 9.17) is 4.55 Å². The average Bonchev–Trinajstić information content (AvgIpc) is 2.13. The molecule has 0 aromatic heterocycles. The Labute approximate surface area is 106 Å². The fourth-order valence-corrected chi connectivity index (χ4v) is 2.41. The third-order valence-electron chi connectivity index (χ3n) is 2.86. The number of hydrogen-bond donors (Lipinski definition) is 1. The van der Waals surface area contributed by atoms with E-state index in [2.05, 4.69) is 21.0 Å². The monoisotopic (exact) mass is 267 g/mol. The maximum absolute atomic E-state index is 10.6. The van der Waals surface area contributed by atoms with E-state index in [1.807, 2.05) is 11.9 Å². The number of quaternary nitrogens is 1. The fraction of sp³-hybridized carbons (Fsp3) is 1.00. The Bertz CT molecular complexity index is 302. The van der Waals surface area contributed by atoms with Crippen LogP contribution in [0.15, 0.2) is 0 Å². The molecule has 0 aromatic rings. The highest BCUT2D eigenvalue weighted by molar-refractivity contribution is 7.85. The Kier molecular flexibility index (Phi) is 7.23. The summed E-state index contributed by atoms with van der Waals surface area (Å²) in [6.07, 6.45) is 2.21. The van der Waals surface area contributed by atoms with Crippen LogP contribution in [0, 0.1) is 0 Å². The van der Waals surface area contributed by atoms with Gasteiger partial charge < -0.3 is 9.38 Å². The molecule has 0 aliphatic heterocycles. The molecule has 5 nitrogen and oxygen atoms in total. The van der Waals surface area contributed by atoms with Crippen LogP contribution < -0.4 is 0 Å². The van der Waals surface area contributed by atoms with Gasteiger partial charge in [-0.3, -0.25) is 4.55 Å². The van der Waals surface area contributed by atoms with Crippen molar-refractivity contribution in [2.24, 2.45) is 0 Å². The molecule has 1 N–H and O–H groups in total. The molecular formula is C11H27N2O3S+. The zero-order valence-corrected chi connectivity index (χ0v) is 12.3. The van der Waals surface area contributed by atoms with Gasteiger partial charge in [0.05, 0.1) is 32.9 Å². The van der Waals surface area contributed by atoms with Gasteiger partial charge in [-0.15, -0.1) is 0 Å². The average molecular weight is 267 g/mol. The first kappa shape index (κ1) is 16.8. The summed E-state index contributed by atoms with van der Waals surface area (Å²) in [6, 6.07) is 0. The lowest BCUT2D eigenvalue weighted by molar-refractivity contribution is -0.890. The van der Waals surface area contributed by atoms with Crippen molar-refractivity contribution in [1.29, 1.82) is 0 Å². The summed E-state index contributed by atoms with van der Waals surface area (Å²) in [5, 5.41) is 0. The smallest absolute Gasteiger partial charge is 0.266 e. The number of rotatable bonds is 9. The van der Waals surface area contributed by atoms with Crippen LogP contribution in [-0.2, 0) is 10.1 Å². The topological polar surface area (TPSA) is 57.6 Å². The van der Waals surface area contributed by atoms with Crippen LogP contribution in [-0.4, -0.2) is 75.4 Å². The van der Waals surface area contributed by atoms with Crippen LogP contribution in [0.25, 0.3) is 0 Å². The highest BCUT2D eigenvalue weighted by Gasteiger charge is 2.13. The van der Waals surface area contributed by atoms with Crippen molar-refractivity contribution in [2.75, 3.05) is 53.1 Å². The van der Waals surface area contributed by atoms with Crippen molar-refractivity contribution < 1.29 is 17.5 Å². The molecule has 0 radical (unpaired) electrons. The van der Waals surface area contributed by atoms with Gasteiger partial charge in [-0.1, -0.05) is 6.92 Å². The van der Waals surface area contributed by atoms with Crippen LogP contribution in [0.5, 0.6) is 0 Å². The minimum Gasteiger partial charge on any atom is -0.328 e. The molecule has 0 aliphatic carbocycles. The van der Waals surface area contributed by atoms with Crippen LogP contribution in [0.4, 0.5) is 0 Å². The fourth-order valence-electron chi connectivity index (χ4n) is 1.87. The van der Waals surface area contributed by atoms with E-state index in [0.29, 0.717) is 6.54 Å². The van der Waals surface area contributed by atoms with Gasteiger partial charge in [0.15, 0.2) is 0 Å². The van der Waals surface area contributed by atoms with Gasteiger partial charge in [0.1, 0.15) is 0 Å². The molecule has 0 bridgehead atoms. The predicted molar refractivity (Wildman–Crippen MR) is 70.7 cm³/mol. The minimum absolute atomic E-state index is 0.184. The van der Waals surface area contributed by atoms with Gasteiger partial charge in [-0.2, -0.15) is 8.42 Å². The Hall–Kier alpha value is -0.170. The van der Waals surface area contributed by atoms with Crippen molar-refractivity contribution in [3.8, 4) is 0 Å². The molecule has 0 amide bonds. The molecule has 0 saturated heterocycles. The predicted octanol–water partition coefficient (Wildman–Crippen LogP) is 0.683. The molecular weight excluding hydrogens is 240 g/mol. The van der Waals surface area contributed by atoms with Crippen molar-refractivity contribution in [3.63, 3.8) is 0 Å². The maximum Gasteiger partial charge on any atom is 0.266 e. The van der Waals surface area contributed by atoms with Crippen molar-refractivity contribution >= 4 is 10.1 Å². The van der Waals surface area contributed by atoms with Gasteiger partial charge in [0.2, 0.25) is 0 Å². The molecule has 0 rings (SSSR count). The van der Waals surface area contributed by atoms with Crippen molar-refractivity contribution in [2.45, 2.75) is 19.8 Å². The number of hydrogen-bond acceptors (Lipinski definition) is 3. The Morgan fingerprint density at radius 2 is 1.76 bits per heavy atom. The van der Waals surface area contributed by atoms with Crippen LogP contribution >= 0.6 is 0 Å². The van der Waals surface area contributed by atoms with Crippen LogP contribution in [0.3, 0.4) is 0 Å². The Morgan fingerprint density at radius 3 is 2.24 bits per heavy atom. The molecule has 0 atom stereocenters. The lowest BCUT2D eigenvalue weighted by Crippen LogP contribution is -2.42. The van der Waals surface area contributed by atoms with Gasteiger partial charge in [0.25, 0.3) is 10.1 Å². The standard InChI is InChI=1S/C11H26N2O3S/c1-5-9-13(3,4)10-6-7-12(2)8-11-17(14,15)16/h5-11H2,1-4H3/p+1. The second kappa shape index (κ2) is 7.31. The molecule has 0 heterocycles. The van der Waals surface area contributed by atoms with Crippen LogP contribution in [0.1, 0.15) is 19.8 Å². The Balaban J connectivity index is 3.75. The molecule has 0 aliphatic rings. The zero-order chi connectivity index (χ0) is 13.5. The summed E-state index contributed by atoms with van der Waals surface area (Å²) in [5.41, 5.74) is 0. The van der Waals surface area contributed by atoms with E-state index in [9.17, 15) is 8.42 Å². The van der Waals surface area contributed by atoms with E-state index < -0.39 is 10.1 Å². The number of nitrogens with zero attached hydrogens (tertiary/aromatic N) is 2. The zero-order valence-electron chi connectivity index (χ0n) is 11.5. The van der Waals surface area contributed by atoms with Gasteiger partial charge in [0, 0.05) is 19.5 Å². The molecule has 0 aromatic carbocycles. The first-order valence-corrected chi connectivity index (χ1v) is 7.73. The molecule has 104 valence electrons.